The van der Waals surface area contributed by atoms with E-state index >= 15 is 0 Å². The lowest BCUT2D eigenvalue weighted by molar-refractivity contribution is -0.129. The monoisotopic (exact) mass is 1910 g/mol. The van der Waals surface area contributed by atoms with Gasteiger partial charge in [-0.15, -0.1) is 0 Å². The molecule has 12 atom stereocenters. The molecule has 0 aliphatic carbocycles. The number of rotatable bonds is 45. The number of nitrogens with one attached hydrogen (secondary N) is 9. The van der Waals surface area contributed by atoms with Crippen LogP contribution in [0.15, 0.2) is 237 Å². The van der Waals surface area contributed by atoms with Gasteiger partial charge in [0.2, 0.25) is 17.7 Å². The predicted molar refractivity (Wildman–Crippen MR) is 539 cm³/mol. The number of hydrogen-bond acceptors (Lipinski definition) is 15. The van der Waals surface area contributed by atoms with Gasteiger partial charge in [0, 0.05) is 90.1 Å². The van der Waals surface area contributed by atoms with E-state index in [2.05, 4.69) is 37.2 Å². The van der Waals surface area contributed by atoms with Crippen LogP contribution in [0.1, 0.15) is 180 Å². The molecule has 138 heavy (non-hydrogen) atoms. The molecular weight excluding hydrogens is 1740 g/mol. The van der Waals surface area contributed by atoms with Crippen molar-refractivity contribution in [1.82, 2.24) is 62.6 Å². The topological polar surface area (TPSA) is 360 Å². The third-order valence-corrected chi connectivity index (χ3v) is 22.9. The highest BCUT2D eigenvalue weighted by Gasteiger charge is 2.40. The largest absolute Gasteiger partial charge is 0.483 e. The van der Waals surface area contributed by atoms with Gasteiger partial charge in [0.1, 0.15) is 35.4 Å². The number of aryl methyl sites for hydroxylation is 6. The van der Waals surface area contributed by atoms with Crippen LogP contribution in [0.4, 0.5) is 14.4 Å². The molecular formula is C111H144N12O15. The van der Waals surface area contributed by atoms with Gasteiger partial charge in [-0.2, -0.15) is 0 Å². The van der Waals surface area contributed by atoms with Gasteiger partial charge >= 0.3 is 18.1 Å². The van der Waals surface area contributed by atoms with Gasteiger partial charge in [-0.1, -0.05) is 278 Å². The van der Waals surface area contributed by atoms with E-state index in [9.17, 15) is 64.0 Å². The molecule has 12 rings (SSSR count). The van der Waals surface area contributed by atoms with E-state index in [1.54, 1.807) is 119 Å². The zero-order valence-corrected chi connectivity index (χ0v) is 79.2. The van der Waals surface area contributed by atoms with E-state index in [4.69, 9.17) is 41.6 Å². The quantitative estimate of drug-likeness (QED) is 0.0169. The molecule has 12 N–H and O–H groups in total. The predicted octanol–water partition coefficient (Wildman–Crippen LogP) is 13.0. The van der Waals surface area contributed by atoms with E-state index in [-0.39, 0.29) is 71.9 Å². The molecule has 0 aromatic heterocycles. The first-order valence-electron chi connectivity index (χ1n) is 58.1. The second-order valence-electron chi connectivity index (χ2n) is 34.9. The smallest absolute Gasteiger partial charge is 0.318 e. The zero-order chi connectivity index (χ0) is 120. The Balaban J connectivity index is 0.000000248. The molecule has 27 nitrogen and oxygen atoms in total. The maximum Gasteiger partial charge on any atom is 0.318 e. The fourth-order valence-corrected chi connectivity index (χ4v) is 16.1. The van der Waals surface area contributed by atoms with Crippen molar-refractivity contribution >= 4 is 53.5 Å². The standard InChI is InChI=1S/3C37H48N4O5/c3*1-25(2)34(41-20-12-19-38-37(41)45)36(44)39-30(21-28-15-7-5-8-16-28)23-32(42)31(22-29-17-9-6-10-18-29)40-33(43)24-46-35-26(3)13-11-14-27(35)4/h3*5-11,13-18,25,30-32,34,42H,12,19-24H2,1-4H3,(H,38,45)(H,39,44)(H,40,43)/t3*30-,31-,32-,34-/m000/s1/i3D3,4D3,12D2,19D2,20D2,21D2;12D2,19D2,20D2,21D2;22D2. The first-order chi connectivity index (χ1) is 75.5. The fraction of sp³-hybridized carbons (Fsp3) is 0.432. The molecule has 738 valence electrons. The number of urea groups is 3. The minimum absolute atomic E-state index is 0.0363. The molecule has 3 fully saturated rings. The first kappa shape index (κ1) is 76.9. The molecule has 3 aliphatic rings. The van der Waals surface area contributed by atoms with E-state index in [0.29, 0.717) is 41.5 Å². The number of carbonyl (C=O) groups excluding carboxylic acids is 9. The van der Waals surface area contributed by atoms with Crippen LogP contribution in [0.3, 0.4) is 0 Å². The van der Waals surface area contributed by atoms with E-state index in [0.717, 1.165) is 51.9 Å². The normalized spacial score (nSPS) is 21.0. The minimum atomic E-state index is -3.40. The van der Waals surface area contributed by atoms with Crippen molar-refractivity contribution in [3.8, 4) is 17.2 Å². The van der Waals surface area contributed by atoms with Crippen molar-refractivity contribution in [1.29, 1.82) is 0 Å². The number of benzene rings is 9. The van der Waals surface area contributed by atoms with Gasteiger partial charge in [-0.05, 0) is 203 Å². The number of aliphatic hydroxyl groups is 3. The van der Waals surface area contributed by atoms with E-state index < -0.39 is 234 Å². The van der Waals surface area contributed by atoms with E-state index in [1.165, 1.54) is 70.2 Å². The Morgan fingerprint density at radius 1 is 0.362 bits per heavy atom. The lowest BCUT2D eigenvalue weighted by Gasteiger charge is -2.37. The Hall–Kier alpha value is -13.1. The van der Waals surface area contributed by atoms with Crippen LogP contribution in [0.25, 0.3) is 0 Å². The third kappa shape index (κ3) is 33.7. The molecule has 3 aliphatic heterocycles. The van der Waals surface area contributed by atoms with Crippen LogP contribution in [-0.4, -0.2) is 215 Å². The molecule has 0 saturated carbocycles. The second-order valence-corrected chi connectivity index (χ2v) is 34.9. The average Bonchev–Trinajstić information content (AvgIpc) is 0.715. The first-order valence-corrected chi connectivity index (χ1v) is 46.1. The van der Waals surface area contributed by atoms with E-state index in [1.807, 2.05) is 120 Å². The highest BCUT2D eigenvalue weighted by Crippen LogP contribution is 2.29. The molecule has 9 aromatic rings. The van der Waals surface area contributed by atoms with Gasteiger partial charge in [0.15, 0.2) is 19.8 Å². The maximum absolute atomic E-state index is 14.3. The molecule has 27 heteroatoms. The number of amides is 12. The molecule has 12 amide bonds. The number of para-hydroxylation sites is 3. The molecule has 3 heterocycles. The van der Waals surface area contributed by atoms with Crippen LogP contribution in [-0.2, 0) is 67.1 Å². The van der Waals surface area contributed by atoms with Crippen LogP contribution >= 0.6 is 0 Å². The van der Waals surface area contributed by atoms with Crippen molar-refractivity contribution in [2.75, 3.05) is 58.9 Å². The average molecular weight is 1910 g/mol. The number of ether oxygens (including phenoxy) is 3. The van der Waals surface area contributed by atoms with Crippen molar-refractivity contribution in [2.45, 2.75) is 232 Å². The summed E-state index contributed by atoms with van der Waals surface area (Å²) in [5.74, 6) is -6.10. The van der Waals surface area contributed by atoms with Crippen LogP contribution in [0.2, 0.25) is 0 Å². The third-order valence-electron chi connectivity index (χ3n) is 22.9. The number of carbonyl (C=O) groups is 9. The van der Waals surface area contributed by atoms with Crippen LogP contribution < -0.4 is 62.1 Å². The zero-order valence-electron chi connectivity index (χ0n) is 103. The summed E-state index contributed by atoms with van der Waals surface area (Å²) >= 11 is 0. The Morgan fingerprint density at radius 3 is 1.00 bits per heavy atom. The lowest BCUT2D eigenvalue weighted by atomic mass is 9.92. The maximum atomic E-state index is 14.3. The summed E-state index contributed by atoms with van der Waals surface area (Å²) in [5.41, 5.74) is 5.18. The summed E-state index contributed by atoms with van der Waals surface area (Å²) in [6.07, 6.45) is -18.5. The van der Waals surface area contributed by atoms with Gasteiger partial charge < -0.3 is 92.1 Å². The van der Waals surface area contributed by atoms with Crippen molar-refractivity contribution in [2.24, 2.45) is 17.8 Å². The van der Waals surface area contributed by atoms with Crippen LogP contribution in [0, 0.1) is 59.2 Å². The Kier molecular flexibility index (Phi) is 30.5. The number of nitrogens with zero attached hydrogens (tertiary/aromatic N) is 3. The Labute approximate surface area is 848 Å². The SMILES string of the molecule is [2H]C([2H])([2H])c1cccc(C([2H])([2H])[2H])c1OCC(=O)N[C@@H](Cc1ccccc1)[C@@H](O)C[C@@H](NC(=O)[C@H](C(C)C)N1C(=O)NC([2H])([2H])C([2H])([2H])C1([2H])[2H])C([2H])([2H])c1ccccc1.[2H]C([2H])(c1ccccc1)[C@@H](C[C@H](O)[C@H](Cc1ccccc1)NC(=O)COc1c(C)cccc1C)NC(=O)[C@H](C(C)C)N1C(=O)NC([2H])([2H])C([2H])([2H])C1([2H])[2H].[2H]C([2H])(c1ccccc1)[C@H](NC(=O)COc1c(C)cccc1C)[C@@H](O)C[C@H](Cc1ccccc1)NC(=O)[C@H](C(C)C)N1CCCNC1=O. The van der Waals surface area contributed by atoms with Crippen LogP contribution in [0.5, 0.6) is 17.2 Å². The number of aliphatic hydroxyl groups excluding tert-OH is 3. The highest BCUT2D eigenvalue weighted by molar-refractivity contribution is 5.90. The summed E-state index contributed by atoms with van der Waals surface area (Å²) < 4.78 is 219. The molecule has 0 bridgehead atoms. The van der Waals surface area contributed by atoms with Gasteiger partial charge in [0.05, 0.1) is 36.4 Å². The summed E-state index contributed by atoms with van der Waals surface area (Å²) in [6.45, 7) is -2.30. The Morgan fingerprint density at radius 2 is 0.652 bits per heavy atom. The molecule has 0 radical (unpaired) electrons. The number of hydrogen-bond donors (Lipinski definition) is 12. The summed E-state index contributed by atoms with van der Waals surface area (Å²) in [7, 11) is 0. The summed E-state index contributed by atoms with van der Waals surface area (Å²) in [4.78, 5) is 124. The lowest BCUT2D eigenvalue weighted by Crippen LogP contribution is -2.59. The molecule has 9 aromatic carbocycles. The molecule has 0 unspecified atom stereocenters. The fourth-order valence-electron chi connectivity index (χ4n) is 16.1. The van der Waals surface area contributed by atoms with Crippen molar-refractivity contribution in [3.63, 3.8) is 0 Å². The van der Waals surface area contributed by atoms with Crippen molar-refractivity contribution < 1.29 is 106 Å². The molecule has 0 spiro atoms. The molecule has 3 saturated heterocycles. The van der Waals surface area contributed by atoms with Gasteiger partial charge in [-0.3, -0.25) is 28.8 Å². The second kappa shape index (κ2) is 54.7. The summed E-state index contributed by atoms with van der Waals surface area (Å²) in [6, 6.07) is 50.5. The highest BCUT2D eigenvalue weighted by atomic mass is 16.5. The summed E-state index contributed by atoms with van der Waals surface area (Å²) in [5, 5.41) is 58.3. The Bertz CT molecular complexity index is 6440. The van der Waals surface area contributed by atoms with Gasteiger partial charge in [-0.25, -0.2) is 14.4 Å². The van der Waals surface area contributed by atoms with Gasteiger partial charge in [0.25, 0.3) is 17.7 Å². The van der Waals surface area contributed by atoms with Crippen molar-refractivity contribution in [3.05, 3.63) is 303 Å². The minimum Gasteiger partial charge on any atom is -0.483 e.